The van der Waals surface area contributed by atoms with Crippen molar-refractivity contribution in [1.29, 1.82) is 0 Å². The molecule has 0 saturated carbocycles. The van der Waals surface area contributed by atoms with E-state index in [2.05, 4.69) is 28.2 Å². The summed E-state index contributed by atoms with van der Waals surface area (Å²) in [6.07, 6.45) is 3.09. The Hall–Kier alpha value is -0.650. The first kappa shape index (κ1) is 16.7. The lowest BCUT2D eigenvalue weighted by molar-refractivity contribution is 0.0532. The fourth-order valence-electron chi connectivity index (χ4n) is 2.84. The third-order valence-corrected chi connectivity index (χ3v) is 4.57. The normalized spacial score (nSPS) is 17.7. The van der Waals surface area contributed by atoms with Crippen molar-refractivity contribution >= 4 is 15.9 Å². The highest BCUT2D eigenvalue weighted by Crippen LogP contribution is 2.37. The van der Waals surface area contributed by atoms with Crippen LogP contribution in [0.25, 0.3) is 0 Å². The summed E-state index contributed by atoms with van der Waals surface area (Å²) in [5.74, 6) is 0.796. The van der Waals surface area contributed by atoms with Crippen molar-refractivity contribution in [3.05, 3.63) is 28.0 Å². The first-order valence-corrected chi connectivity index (χ1v) is 8.30. The first-order valence-electron chi connectivity index (χ1n) is 7.51. The van der Waals surface area contributed by atoms with Crippen molar-refractivity contribution in [2.45, 2.75) is 32.2 Å². The van der Waals surface area contributed by atoms with Gasteiger partial charge in [-0.2, -0.15) is 0 Å². The number of benzene rings is 1. The van der Waals surface area contributed by atoms with E-state index in [9.17, 15) is 4.39 Å². The van der Waals surface area contributed by atoms with E-state index in [4.69, 9.17) is 9.47 Å². The zero-order valence-corrected chi connectivity index (χ0v) is 14.2. The third kappa shape index (κ3) is 4.18. The van der Waals surface area contributed by atoms with Crippen molar-refractivity contribution < 1.29 is 13.9 Å². The highest BCUT2D eigenvalue weighted by Gasteiger charge is 2.28. The van der Waals surface area contributed by atoms with Gasteiger partial charge in [-0.3, -0.25) is 0 Å². The minimum Gasteiger partial charge on any atom is -0.496 e. The Morgan fingerprint density at radius 2 is 2.14 bits per heavy atom. The quantitative estimate of drug-likeness (QED) is 0.830. The van der Waals surface area contributed by atoms with Crippen LogP contribution in [0, 0.1) is 11.7 Å². The summed E-state index contributed by atoms with van der Waals surface area (Å²) in [7, 11) is 1.59. The average molecular weight is 360 g/mol. The first-order chi connectivity index (χ1) is 10.2. The molecule has 1 aromatic carbocycles. The Bertz CT molecular complexity index is 464. The van der Waals surface area contributed by atoms with Crippen LogP contribution in [-0.4, -0.2) is 26.9 Å². The second kappa shape index (κ2) is 8.11. The van der Waals surface area contributed by atoms with E-state index in [1.54, 1.807) is 7.11 Å². The van der Waals surface area contributed by atoms with Gasteiger partial charge >= 0.3 is 0 Å². The molecule has 5 heteroatoms. The van der Waals surface area contributed by atoms with Crippen LogP contribution in [0.4, 0.5) is 4.39 Å². The van der Waals surface area contributed by atoms with Crippen molar-refractivity contribution in [1.82, 2.24) is 5.32 Å². The van der Waals surface area contributed by atoms with Gasteiger partial charge in [0.2, 0.25) is 0 Å². The number of rotatable bonds is 6. The summed E-state index contributed by atoms with van der Waals surface area (Å²) in [5, 5.41) is 3.60. The molecule has 0 radical (unpaired) electrons. The summed E-state index contributed by atoms with van der Waals surface area (Å²) in [5.41, 5.74) is 1.02. The average Bonchev–Trinajstić information content (AvgIpc) is 2.51. The van der Waals surface area contributed by atoms with Gasteiger partial charge < -0.3 is 14.8 Å². The van der Waals surface area contributed by atoms with E-state index in [0.29, 0.717) is 16.1 Å². The number of halogens is 2. The number of hydrogen-bond donors (Lipinski definition) is 1. The van der Waals surface area contributed by atoms with Gasteiger partial charge in [0, 0.05) is 30.9 Å². The zero-order valence-electron chi connectivity index (χ0n) is 12.6. The maximum atomic E-state index is 13.7. The van der Waals surface area contributed by atoms with Crippen LogP contribution in [0.15, 0.2) is 16.6 Å². The minimum atomic E-state index is -0.295. The number of nitrogens with one attached hydrogen (secondary N) is 1. The van der Waals surface area contributed by atoms with Crippen LogP contribution in [0.5, 0.6) is 5.75 Å². The summed E-state index contributed by atoms with van der Waals surface area (Å²) in [6, 6.07) is 3.47. The molecule has 1 aliphatic rings. The third-order valence-electron chi connectivity index (χ3n) is 3.96. The SMILES string of the molecule is CCCNC(c1cc(Br)c(F)cc1OC)C1CCOCC1. The molecule has 0 spiro atoms. The number of ether oxygens (including phenoxy) is 2. The molecule has 0 aliphatic carbocycles. The van der Waals surface area contributed by atoms with E-state index in [0.717, 1.165) is 44.6 Å². The smallest absolute Gasteiger partial charge is 0.141 e. The fraction of sp³-hybridized carbons (Fsp3) is 0.625. The lowest BCUT2D eigenvalue weighted by Gasteiger charge is -2.32. The summed E-state index contributed by atoms with van der Waals surface area (Å²) in [4.78, 5) is 0. The molecule has 2 rings (SSSR count). The van der Waals surface area contributed by atoms with E-state index in [-0.39, 0.29) is 11.9 Å². The molecule has 1 heterocycles. The number of hydrogen-bond acceptors (Lipinski definition) is 3. The monoisotopic (exact) mass is 359 g/mol. The van der Waals surface area contributed by atoms with Gasteiger partial charge in [0.1, 0.15) is 11.6 Å². The van der Waals surface area contributed by atoms with Gasteiger partial charge in [0.15, 0.2) is 0 Å². The second-order valence-corrected chi connectivity index (χ2v) is 6.24. The maximum absolute atomic E-state index is 13.7. The van der Waals surface area contributed by atoms with Crippen LogP contribution < -0.4 is 10.1 Å². The molecular formula is C16H23BrFNO2. The molecule has 1 fully saturated rings. The second-order valence-electron chi connectivity index (χ2n) is 5.39. The standard InChI is InChI=1S/C16H23BrFNO2/c1-3-6-19-16(11-4-7-21-8-5-11)12-9-13(17)14(18)10-15(12)20-2/h9-11,16,19H,3-8H2,1-2H3. The fourth-order valence-corrected chi connectivity index (χ4v) is 3.20. The molecule has 0 bridgehead atoms. The molecule has 1 unspecified atom stereocenters. The molecule has 1 aliphatic heterocycles. The molecule has 1 saturated heterocycles. The molecular weight excluding hydrogens is 337 g/mol. The zero-order chi connectivity index (χ0) is 15.2. The topological polar surface area (TPSA) is 30.5 Å². The van der Waals surface area contributed by atoms with E-state index in [1.807, 2.05) is 6.07 Å². The summed E-state index contributed by atoms with van der Waals surface area (Å²) in [6.45, 7) is 4.66. The summed E-state index contributed by atoms with van der Waals surface area (Å²) < 4.78 is 25.1. The van der Waals surface area contributed by atoms with E-state index in [1.165, 1.54) is 6.07 Å². The van der Waals surface area contributed by atoms with Gasteiger partial charge in [0.25, 0.3) is 0 Å². The van der Waals surface area contributed by atoms with Crippen LogP contribution in [-0.2, 0) is 4.74 Å². The van der Waals surface area contributed by atoms with E-state index >= 15 is 0 Å². The van der Waals surface area contributed by atoms with Gasteiger partial charge in [-0.1, -0.05) is 6.92 Å². The molecule has 1 aromatic rings. The Balaban J connectivity index is 2.32. The molecule has 118 valence electrons. The molecule has 0 amide bonds. The van der Waals surface area contributed by atoms with Crippen LogP contribution in [0.3, 0.4) is 0 Å². The van der Waals surface area contributed by atoms with Crippen molar-refractivity contribution in [2.75, 3.05) is 26.9 Å². The largest absolute Gasteiger partial charge is 0.496 e. The van der Waals surface area contributed by atoms with Gasteiger partial charge in [-0.05, 0) is 53.7 Å². The van der Waals surface area contributed by atoms with Gasteiger partial charge in [-0.25, -0.2) is 4.39 Å². The Morgan fingerprint density at radius 3 is 2.76 bits per heavy atom. The predicted molar refractivity (Wildman–Crippen MR) is 85.2 cm³/mol. The van der Waals surface area contributed by atoms with Crippen LogP contribution >= 0.6 is 15.9 Å². The Morgan fingerprint density at radius 1 is 1.43 bits per heavy atom. The van der Waals surface area contributed by atoms with Crippen LogP contribution in [0.1, 0.15) is 37.8 Å². The lowest BCUT2D eigenvalue weighted by Crippen LogP contribution is -2.33. The van der Waals surface area contributed by atoms with Crippen molar-refractivity contribution in [3.8, 4) is 5.75 Å². The molecule has 21 heavy (non-hydrogen) atoms. The van der Waals surface area contributed by atoms with Crippen molar-refractivity contribution in [2.24, 2.45) is 5.92 Å². The highest BCUT2D eigenvalue weighted by molar-refractivity contribution is 9.10. The number of methoxy groups -OCH3 is 1. The van der Waals surface area contributed by atoms with Gasteiger partial charge in [0.05, 0.1) is 11.6 Å². The maximum Gasteiger partial charge on any atom is 0.141 e. The van der Waals surface area contributed by atoms with Crippen molar-refractivity contribution in [3.63, 3.8) is 0 Å². The van der Waals surface area contributed by atoms with Gasteiger partial charge in [-0.15, -0.1) is 0 Å². The molecule has 1 N–H and O–H groups in total. The molecule has 3 nitrogen and oxygen atoms in total. The van der Waals surface area contributed by atoms with E-state index < -0.39 is 0 Å². The predicted octanol–water partition coefficient (Wildman–Crippen LogP) is 4.06. The molecule has 1 atom stereocenters. The highest BCUT2D eigenvalue weighted by atomic mass is 79.9. The molecule has 0 aromatic heterocycles. The Labute approximate surface area is 134 Å². The van der Waals surface area contributed by atoms with Crippen LogP contribution in [0.2, 0.25) is 0 Å². The Kier molecular flexibility index (Phi) is 6.45. The lowest BCUT2D eigenvalue weighted by atomic mass is 9.86. The summed E-state index contributed by atoms with van der Waals surface area (Å²) >= 11 is 3.29. The minimum absolute atomic E-state index is 0.167.